The number of nitrogens with one attached hydrogen (secondary N) is 1. The Kier molecular flexibility index (Phi) is 7.39. The number of fused-ring (bicyclic) bond motifs is 1. The van der Waals surface area contributed by atoms with E-state index in [9.17, 15) is 9.59 Å². The summed E-state index contributed by atoms with van der Waals surface area (Å²) in [6, 6.07) is 21.6. The van der Waals surface area contributed by atoms with Crippen molar-refractivity contribution in [2.75, 3.05) is 23.4 Å². The van der Waals surface area contributed by atoms with Gasteiger partial charge >= 0.3 is 6.03 Å². The van der Waals surface area contributed by atoms with Crippen LogP contribution >= 0.6 is 0 Å². The van der Waals surface area contributed by atoms with Gasteiger partial charge in [0.25, 0.3) is 0 Å². The Hall–Kier alpha value is -3.80. The number of nitrogens with zero attached hydrogens (tertiary/aromatic N) is 2. The van der Waals surface area contributed by atoms with Gasteiger partial charge in [0.05, 0.1) is 19.6 Å². The number of aryl methyl sites for hydroxylation is 2. The van der Waals surface area contributed by atoms with Gasteiger partial charge in [0.2, 0.25) is 5.91 Å². The highest BCUT2D eigenvalue weighted by Crippen LogP contribution is 2.27. The normalized spacial score (nSPS) is 13.0. The molecule has 1 aliphatic heterocycles. The van der Waals surface area contributed by atoms with Crippen molar-refractivity contribution in [3.05, 3.63) is 89.0 Å². The summed E-state index contributed by atoms with van der Waals surface area (Å²) in [5.74, 6) is 0.720. The highest BCUT2D eigenvalue weighted by atomic mass is 16.5. The lowest BCUT2D eigenvalue weighted by Gasteiger charge is -2.26. The fourth-order valence-electron chi connectivity index (χ4n) is 4.14. The summed E-state index contributed by atoms with van der Waals surface area (Å²) >= 11 is 0. The van der Waals surface area contributed by atoms with Crippen LogP contribution in [-0.2, 0) is 17.9 Å². The molecule has 3 aromatic rings. The molecule has 1 aliphatic rings. The third-order valence-corrected chi connectivity index (χ3v) is 6.23. The molecule has 1 heterocycles. The maximum absolute atomic E-state index is 13.1. The Balaban J connectivity index is 1.55. The fourth-order valence-corrected chi connectivity index (χ4v) is 4.14. The average molecular weight is 472 g/mol. The van der Waals surface area contributed by atoms with Gasteiger partial charge in [-0.05, 0) is 55.3 Å². The van der Waals surface area contributed by atoms with Crippen molar-refractivity contribution in [1.29, 1.82) is 0 Å². The second kappa shape index (κ2) is 10.6. The van der Waals surface area contributed by atoms with E-state index in [1.165, 1.54) is 0 Å². The van der Waals surface area contributed by atoms with Crippen molar-refractivity contribution >= 4 is 23.3 Å². The second-order valence-electron chi connectivity index (χ2n) is 9.37. The number of amides is 3. The fraction of sp³-hybridized carbons (Fsp3) is 0.310. The quantitative estimate of drug-likeness (QED) is 0.502. The average Bonchev–Trinajstić information content (AvgIpc) is 3.06. The minimum atomic E-state index is -0.155. The highest BCUT2D eigenvalue weighted by Gasteiger charge is 2.23. The van der Waals surface area contributed by atoms with E-state index >= 15 is 0 Å². The van der Waals surface area contributed by atoms with Gasteiger partial charge < -0.3 is 19.9 Å². The minimum absolute atomic E-state index is 0.0688. The minimum Gasteiger partial charge on any atom is -0.491 e. The molecule has 0 bridgehead atoms. The number of rotatable bonds is 5. The third kappa shape index (κ3) is 5.83. The molecule has 0 atom stereocenters. The third-order valence-electron chi connectivity index (χ3n) is 6.23. The van der Waals surface area contributed by atoms with Gasteiger partial charge in [-0.3, -0.25) is 4.79 Å². The van der Waals surface area contributed by atoms with Crippen LogP contribution in [0.4, 0.5) is 16.2 Å². The molecule has 0 fully saturated rings. The van der Waals surface area contributed by atoms with Crippen LogP contribution in [-0.4, -0.2) is 30.0 Å². The predicted molar refractivity (Wildman–Crippen MR) is 140 cm³/mol. The Labute approximate surface area is 207 Å². The molecular weight excluding hydrogens is 438 g/mol. The number of benzene rings is 3. The van der Waals surface area contributed by atoms with Crippen LogP contribution in [0.5, 0.6) is 5.75 Å². The molecule has 3 amide bonds. The van der Waals surface area contributed by atoms with Crippen LogP contribution < -0.4 is 15.0 Å². The maximum Gasteiger partial charge on any atom is 0.322 e. The molecule has 6 heteroatoms. The molecule has 0 unspecified atom stereocenters. The first kappa shape index (κ1) is 24.3. The molecule has 0 saturated carbocycles. The predicted octanol–water partition coefficient (Wildman–Crippen LogP) is 5.92. The molecule has 0 radical (unpaired) electrons. The van der Waals surface area contributed by atoms with Gasteiger partial charge in [-0.15, -0.1) is 0 Å². The monoisotopic (exact) mass is 471 g/mol. The number of anilines is 2. The van der Waals surface area contributed by atoms with E-state index in [2.05, 4.69) is 5.32 Å². The van der Waals surface area contributed by atoms with Crippen LogP contribution in [0.2, 0.25) is 0 Å². The van der Waals surface area contributed by atoms with Crippen LogP contribution in [0.15, 0.2) is 66.7 Å². The lowest BCUT2D eigenvalue weighted by Crippen LogP contribution is -2.36. The van der Waals surface area contributed by atoms with E-state index in [1.807, 2.05) is 99.3 Å². The van der Waals surface area contributed by atoms with Crippen LogP contribution in [0, 0.1) is 19.8 Å². The van der Waals surface area contributed by atoms with Crippen LogP contribution in [0.25, 0.3) is 0 Å². The molecule has 0 spiro atoms. The van der Waals surface area contributed by atoms with Gasteiger partial charge in [0, 0.05) is 22.9 Å². The van der Waals surface area contributed by atoms with Gasteiger partial charge in [-0.25, -0.2) is 4.79 Å². The van der Waals surface area contributed by atoms with E-state index in [4.69, 9.17) is 4.74 Å². The summed E-state index contributed by atoms with van der Waals surface area (Å²) in [5, 5.41) is 3.02. The summed E-state index contributed by atoms with van der Waals surface area (Å²) in [7, 11) is 0. The standard InChI is InChI=1S/C29H33N3O3/c1-20(2)28(33)32(25-12-9-21(3)10-13-25)18-23-11-14-27-24(17-23)19-31(15-16-35-27)29(34)30-26-8-6-5-7-22(26)4/h5-14,17,20H,15-16,18-19H2,1-4H3,(H,30,34). The molecule has 0 saturated heterocycles. The molecule has 0 aliphatic carbocycles. The number of ether oxygens (including phenoxy) is 1. The summed E-state index contributed by atoms with van der Waals surface area (Å²) < 4.78 is 5.94. The zero-order valence-electron chi connectivity index (χ0n) is 20.9. The lowest BCUT2D eigenvalue weighted by molar-refractivity contribution is -0.121. The molecular formula is C29H33N3O3. The van der Waals surface area contributed by atoms with Gasteiger partial charge in [0.1, 0.15) is 12.4 Å². The highest BCUT2D eigenvalue weighted by molar-refractivity contribution is 5.94. The molecule has 3 aromatic carbocycles. The van der Waals surface area contributed by atoms with Gasteiger partial charge in [0.15, 0.2) is 0 Å². The second-order valence-corrected chi connectivity index (χ2v) is 9.37. The largest absolute Gasteiger partial charge is 0.491 e. The molecule has 0 aromatic heterocycles. The number of hydrogen-bond donors (Lipinski definition) is 1. The molecule has 1 N–H and O–H groups in total. The van der Waals surface area contributed by atoms with E-state index < -0.39 is 0 Å². The van der Waals surface area contributed by atoms with Crippen molar-refractivity contribution in [2.24, 2.45) is 5.92 Å². The van der Waals surface area contributed by atoms with Crippen molar-refractivity contribution in [3.8, 4) is 5.75 Å². The molecule has 35 heavy (non-hydrogen) atoms. The van der Waals surface area contributed by atoms with Gasteiger partial charge in [-0.1, -0.05) is 55.8 Å². The van der Waals surface area contributed by atoms with Crippen molar-refractivity contribution in [1.82, 2.24) is 4.90 Å². The number of carbonyl (C=O) groups excluding carboxylic acids is 2. The first-order valence-electron chi connectivity index (χ1n) is 12.1. The number of para-hydroxylation sites is 1. The molecule has 6 nitrogen and oxygen atoms in total. The Morgan fingerprint density at radius 1 is 1.03 bits per heavy atom. The summed E-state index contributed by atoms with van der Waals surface area (Å²) in [4.78, 5) is 29.7. The van der Waals surface area contributed by atoms with E-state index in [1.54, 1.807) is 4.90 Å². The first-order chi connectivity index (χ1) is 16.8. The summed E-state index contributed by atoms with van der Waals surface area (Å²) in [6.45, 7) is 9.63. The molecule has 4 rings (SSSR count). The summed E-state index contributed by atoms with van der Waals surface area (Å²) in [6.07, 6.45) is 0. The number of urea groups is 1. The lowest BCUT2D eigenvalue weighted by atomic mass is 10.1. The maximum atomic E-state index is 13.1. The zero-order valence-corrected chi connectivity index (χ0v) is 20.9. The molecule has 182 valence electrons. The Bertz CT molecular complexity index is 1200. The topological polar surface area (TPSA) is 61.9 Å². The number of hydrogen-bond acceptors (Lipinski definition) is 3. The number of carbonyl (C=O) groups is 2. The van der Waals surface area contributed by atoms with Crippen molar-refractivity contribution < 1.29 is 14.3 Å². The van der Waals surface area contributed by atoms with E-state index in [0.717, 1.165) is 39.4 Å². The van der Waals surface area contributed by atoms with E-state index in [0.29, 0.717) is 26.2 Å². The zero-order chi connectivity index (χ0) is 24.9. The SMILES string of the molecule is Cc1ccc(N(Cc2ccc3c(c2)CN(C(=O)Nc2ccccc2C)CCO3)C(=O)C(C)C)cc1. The summed E-state index contributed by atoms with van der Waals surface area (Å²) in [5.41, 5.74) is 5.76. The van der Waals surface area contributed by atoms with Gasteiger partial charge in [-0.2, -0.15) is 0 Å². The van der Waals surface area contributed by atoms with Crippen LogP contribution in [0.1, 0.15) is 36.1 Å². The van der Waals surface area contributed by atoms with Crippen molar-refractivity contribution in [2.45, 2.75) is 40.8 Å². The van der Waals surface area contributed by atoms with E-state index in [-0.39, 0.29) is 17.9 Å². The Morgan fingerprint density at radius 3 is 2.49 bits per heavy atom. The van der Waals surface area contributed by atoms with Crippen molar-refractivity contribution in [3.63, 3.8) is 0 Å². The first-order valence-corrected chi connectivity index (χ1v) is 12.1. The smallest absolute Gasteiger partial charge is 0.322 e. The van der Waals surface area contributed by atoms with Crippen LogP contribution in [0.3, 0.4) is 0 Å². The Morgan fingerprint density at radius 2 is 1.77 bits per heavy atom.